The molecular weight excluding hydrogens is 417 g/mol. The van der Waals surface area contributed by atoms with E-state index in [2.05, 4.69) is 0 Å². The summed E-state index contributed by atoms with van der Waals surface area (Å²) in [5.41, 5.74) is 3.88. The third-order valence-electron chi connectivity index (χ3n) is 5.69. The maximum atomic E-state index is 13.9. The van der Waals surface area contributed by atoms with Crippen molar-refractivity contribution in [3.63, 3.8) is 0 Å². The summed E-state index contributed by atoms with van der Waals surface area (Å²) in [6.07, 6.45) is 1.26. The van der Waals surface area contributed by atoms with Gasteiger partial charge in [0, 0.05) is 12.8 Å². The van der Waals surface area contributed by atoms with Gasteiger partial charge in [0.1, 0.15) is 18.2 Å². The first-order chi connectivity index (χ1) is 15.3. The van der Waals surface area contributed by atoms with E-state index in [-0.39, 0.29) is 25.3 Å². The van der Waals surface area contributed by atoms with Crippen molar-refractivity contribution in [3.05, 3.63) is 89.2 Å². The molecule has 32 heavy (non-hydrogen) atoms. The number of carboxylic acid groups (broad SMARTS) is 1. The molecule has 4 rings (SSSR count). The Balaban J connectivity index is 1.43. The lowest BCUT2D eigenvalue weighted by molar-refractivity contribution is -0.137. The summed E-state index contributed by atoms with van der Waals surface area (Å²) < 4.78 is 46.4. The number of alkyl halides is 2. The molecule has 1 saturated carbocycles. The van der Waals surface area contributed by atoms with Crippen molar-refractivity contribution >= 4 is 5.97 Å². The largest absolute Gasteiger partial charge is 0.489 e. The first kappa shape index (κ1) is 21.9. The molecule has 1 fully saturated rings. The molecule has 1 N–H and O–H groups in total. The molecule has 0 saturated heterocycles. The first-order valence-electron chi connectivity index (χ1n) is 10.5. The standard InChI is InChI=1S/C26H23F3O3/c27-21-10-13-23(18-6-8-19(9-7-18)24-15-26(24,28)29)20(14-21)16-32-22-11-4-17(5-12-22)2-1-3-25(30)31/h4-14,24H,1-3,15-16H2,(H,30,31)/t24-/m1/s1. The molecule has 3 aromatic rings. The molecule has 3 aromatic carbocycles. The van der Waals surface area contributed by atoms with Crippen LogP contribution in [-0.4, -0.2) is 17.0 Å². The second kappa shape index (κ2) is 9.07. The summed E-state index contributed by atoms with van der Waals surface area (Å²) in [7, 11) is 0. The van der Waals surface area contributed by atoms with Crippen LogP contribution in [0.5, 0.6) is 5.75 Å². The fraction of sp³-hybridized carbons (Fsp3) is 0.269. The Morgan fingerprint density at radius 2 is 1.72 bits per heavy atom. The van der Waals surface area contributed by atoms with E-state index in [9.17, 15) is 18.0 Å². The molecule has 0 heterocycles. The normalized spacial score (nSPS) is 16.5. The predicted molar refractivity (Wildman–Crippen MR) is 115 cm³/mol. The van der Waals surface area contributed by atoms with Crippen LogP contribution in [0.4, 0.5) is 13.2 Å². The number of rotatable bonds is 9. The molecule has 0 aliphatic heterocycles. The second-order valence-electron chi connectivity index (χ2n) is 8.12. The molecule has 0 radical (unpaired) electrons. The lowest BCUT2D eigenvalue weighted by atomic mass is 9.98. The molecule has 1 aliphatic carbocycles. The van der Waals surface area contributed by atoms with Gasteiger partial charge in [0.05, 0.1) is 5.92 Å². The van der Waals surface area contributed by atoms with Gasteiger partial charge in [-0.25, -0.2) is 13.2 Å². The van der Waals surface area contributed by atoms with Gasteiger partial charge in [-0.2, -0.15) is 0 Å². The Kier molecular flexibility index (Phi) is 6.21. The molecule has 3 nitrogen and oxygen atoms in total. The van der Waals surface area contributed by atoms with Crippen molar-refractivity contribution in [2.24, 2.45) is 0 Å². The Hall–Kier alpha value is -3.28. The van der Waals surface area contributed by atoms with Crippen molar-refractivity contribution in [2.45, 2.75) is 44.1 Å². The fourth-order valence-electron chi connectivity index (χ4n) is 3.79. The third-order valence-corrected chi connectivity index (χ3v) is 5.69. The number of halogens is 3. The molecule has 0 unspecified atom stereocenters. The SMILES string of the molecule is O=C(O)CCCc1ccc(OCc2cc(F)ccc2-c2ccc([C@H]3CC3(F)F)cc2)cc1. The number of benzene rings is 3. The highest BCUT2D eigenvalue weighted by Gasteiger charge is 2.57. The Bertz CT molecular complexity index is 1090. The van der Waals surface area contributed by atoms with Gasteiger partial charge in [-0.3, -0.25) is 4.79 Å². The van der Waals surface area contributed by atoms with Gasteiger partial charge in [-0.05, 0) is 64.9 Å². The maximum Gasteiger partial charge on any atom is 0.303 e. The van der Waals surface area contributed by atoms with Crippen LogP contribution in [0.15, 0.2) is 66.7 Å². The predicted octanol–water partition coefficient (Wildman–Crippen LogP) is 6.60. The average Bonchev–Trinajstić information content (AvgIpc) is 3.41. The highest BCUT2D eigenvalue weighted by Crippen LogP contribution is 2.55. The lowest BCUT2D eigenvalue weighted by Crippen LogP contribution is -2.00. The number of ether oxygens (including phenoxy) is 1. The third kappa shape index (κ3) is 5.31. The molecule has 1 atom stereocenters. The minimum Gasteiger partial charge on any atom is -0.489 e. The average molecular weight is 440 g/mol. The van der Waals surface area contributed by atoms with Gasteiger partial charge in [0.25, 0.3) is 5.92 Å². The zero-order chi connectivity index (χ0) is 22.7. The minimum atomic E-state index is -2.61. The van der Waals surface area contributed by atoms with E-state index >= 15 is 0 Å². The summed E-state index contributed by atoms with van der Waals surface area (Å²) in [5.74, 6) is -3.89. The lowest BCUT2D eigenvalue weighted by Gasteiger charge is -2.13. The summed E-state index contributed by atoms with van der Waals surface area (Å²) in [6.45, 7) is 0.147. The first-order valence-corrected chi connectivity index (χ1v) is 10.5. The number of aliphatic carboxylic acids is 1. The van der Waals surface area contributed by atoms with Crippen LogP contribution in [0, 0.1) is 5.82 Å². The molecule has 0 bridgehead atoms. The Morgan fingerprint density at radius 1 is 1.03 bits per heavy atom. The number of hydrogen-bond acceptors (Lipinski definition) is 2. The van der Waals surface area contributed by atoms with Gasteiger partial charge >= 0.3 is 5.97 Å². The fourth-order valence-corrected chi connectivity index (χ4v) is 3.79. The van der Waals surface area contributed by atoms with E-state index < -0.39 is 17.8 Å². The maximum absolute atomic E-state index is 13.9. The van der Waals surface area contributed by atoms with Crippen LogP contribution >= 0.6 is 0 Å². The second-order valence-corrected chi connectivity index (χ2v) is 8.12. The van der Waals surface area contributed by atoms with Gasteiger partial charge in [-0.15, -0.1) is 0 Å². The van der Waals surface area contributed by atoms with Crippen molar-refractivity contribution in [1.29, 1.82) is 0 Å². The molecule has 166 valence electrons. The van der Waals surface area contributed by atoms with Crippen LogP contribution in [0.1, 0.15) is 41.9 Å². The summed E-state index contributed by atoms with van der Waals surface area (Å²) in [5, 5.41) is 8.72. The summed E-state index contributed by atoms with van der Waals surface area (Å²) in [6, 6.07) is 18.8. The molecule has 6 heteroatoms. The molecule has 0 spiro atoms. The zero-order valence-electron chi connectivity index (χ0n) is 17.4. The van der Waals surface area contributed by atoms with E-state index in [4.69, 9.17) is 9.84 Å². The van der Waals surface area contributed by atoms with E-state index in [0.29, 0.717) is 29.7 Å². The Morgan fingerprint density at radius 3 is 2.34 bits per heavy atom. The van der Waals surface area contributed by atoms with Gasteiger partial charge in [-0.1, -0.05) is 42.5 Å². The van der Waals surface area contributed by atoms with Crippen LogP contribution < -0.4 is 4.74 Å². The van der Waals surface area contributed by atoms with E-state index in [0.717, 1.165) is 16.7 Å². The minimum absolute atomic E-state index is 0.111. The summed E-state index contributed by atoms with van der Waals surface area (Å²) >= 11 is 0. The Labute approximate surface area is 184 Å². The van der Waals surface area contributed by atoms with Gasteiger partial charge < -0.3 is 9.84 Å². The van der Waals surface area contributed by atoms with E-state index in [1.807, 2.05) is 12.1 Å². The highest BCUT2D eigenvalue weighted by atomic mass is 19.3. The smallest absolute Gasteiger partial charge is 0.303 e. The number of carbonyl (C=O) groups is 1. The van der Waals surface area contributed by atoms with Crippen LogP contribution in [-0.2, 0) is 17.8 Å². The zero-order valence-corrected chi connectivity index (χ0v) is 17.4. The van der Waals surface area contributed by atoms with E-state index in [1.165, 1.54) is 12.1 Å². The van der Waals surface area contributed by atoms with Crippen molar-refractivity contribution in [2.75, 3.05) is 0 Å². The quantitative estimate of drug-likeness (QED) is 0.408. The highest BCUT2D eigenvalue weighted by molar-refractivity contribution is 5.68. The molecule has 1 aliphatic rings. The van der Waals surface area contributed by atoms with Crippen LogP contribution in [0.3, 0.4) is 0 Å². The number of aryl methyl sites for hydroxylation is 1. The van der Waals surface area contributed by atoms with E-state index in [1.54, 1.807) is 42.5 Å². The van der Waals surface area contributed by atoms with Crippen LogP contribution in [0.25, 0.3) is 11.1 Å². The van der Waals surface area contributed by atoms with Gasteiger partial charge in [0.2, 0.25) is 0 Å². The molecule has 0 aromatic heterocycles. The molecular formula is C26H23F3O3. The monoisotopic (exact) mass is 440 g/mol. The molecule has 0 amide bonds. The van der Waals surface area contributed by atoms with Crippen molar-refractivity contribution in [3.8, 4) is 16.9 Å². The number of carboxylic acids is 1. The van der Waals surface area contributed by atoms with Gasteiger partial charge in [0.15, 0.2) is 0 Å². The topological polar surface area (TPSA) is 46.5 Å². The summed E-state index contributed by atoms with van der Waals surface area (Å²) in [4.78, 5) is 10.6. The van der Waals surface area contributed by atoms with Crippen molar-refractivity contribution < 1.29 is 27.8 Å². The number of hydrogen-bond donors (Lipinski definition) is 1. The van der Waals surface area contributed by atoms with Crippen molar-refractivity contribution in [1.82, 2.24) is 0 Å². The van der Waals surface area contributed by atoms with Crippen LogP contribution in [0.2, 0.25) is 0 Å².